The van der Waals surface area contributed by atoms with Crippen molar-refractivity contribution in [2.24, 2.45) is 5.73 Å². The van der Waals surface area contributed by atoms with Crippen molar-refractivity contribution in [3.05, 3.63) is 0 Å². The standard InChI is InChI=1S/C15H31N3/c1-3-9-17-11-7-15(13-16,8-12-17)18-10-5-6-14(18)4-2/h14H,3-13,16H2,1-2H3. The second kappa shape index (κ2) is 6.36. The summed E-state index contributed by atoms with van der Waals surface area (Å²) in [6.45, 7) is 10.5. The van der Waals surface area contributed by atoms with Crippen LogP contribution in [0, 0.1) is 0 Å². The molecule has 2 rings (SSSR count). The van der Waals surface area contributed by atoms with Crippen LogP contribution >= 0.6 is 0 Å². The number of hydrogen-bond acceptors (Lipinski definition) is 3. The zero-order valence-corrected chi connectivity index (χ0v) is 12.3. The Labute approximate surface area is 113 Å². The SMILES string of the molecule is CCCN1CCC(CN)(N2CCCC2CC)CC1. The van der Waals surface area contributed by atoms with E-state index in [9.17, 15) is 0 Å². The monoisotopic (exact) mass is 253 g/mol. The van der Waals surface area contributed by atoms with Gasteiger partial charge in [-0.2, -0.15) is 0 Å². The summed E-state index contributed by atoms with van der Waals surface area (Å²) < 4.78 is 0. The van der Waals surface area contributed by atoms with E-state index in [1.807, 2.05) is 0 Å². The fourth-order valence-corrected chi connectivity index (χ4v) is 4.00. The molecular weight excluding hydrogens is 222 g/mol. The smallest absolute Gasteiger partial charge is 0.0358 e. The highest BCUT2D eigenvalue weighted by molar-refractivity contribution is 5.00. The summed E-state index contributed by atoms with van der Waals surface area (Å²) in [5.41, 5.74) is 6.52. The first-order chi connectivity index (χ1) is 8.75. The Hall–Kier alpha value is -0.120. The van der Waals surface area contributed by atoms with Gasteiger partial charge in [0.1, 0.15) is 0 Å². The summed E-state index contributed by atoms with van der Waals surface area (Å²) in [4.78, 5) is 5.39. The van der Waals surface area contributed by atoms with Gasteiger partial charge in [0.25, 0.3) is 0 Å². The topological polar surface area (TPSA) is 32.5 Å². The second-order valence-corrected chi connectivity index (χ2v) is 6.17. The zero-order valence-electron chi connectivity index (χ0n) is 12.3. The molecule has 2 fully saturated rings. The largest absolute Gasteiger partial charge is 0.329 e. The molecule has 0 spiro atoms. The highest BCUT2D eigenvalue weighted by Gasteiger charge is 2.42. The molecule has 18 heavy (non-hydrogen) atoms. The van der Waals surface area contributed by atoms with E-state index in [0.717, 1.165) is 12.6 Å². The summed E-state index contributed by atoms with van der Waals surface area (Å²) in [6.07, 6.45) is 7.88. The van der Waals surface area contributed by atoms with Gasteiger partial charge in [-0.3, -0.25) is 4.90 Å². The molecule has 0 aromatic rings. The van der Waals surface area contributed by atoms with Gasteiger partial charge in [-0.1, -0.05) is 13.8 Å². The van der Waals surface area contributed by atoms with Crippen LogP contribution in [0.1, 0.15) is 52.4 Å². The molecule has 1 atom stereocenters. The number of likely N-dealkylation sites (tertiary alicyclic amines) is 2. The van der Waals surface area contributed by atoms with Crippen LogP contribution < -0.4 is 5.73 Å². The molecule has 1 unspecified atom stereocenters. The van der Waals surface area contributed by atoms with E-state index in [1.54, 1.807) is 0 Å². The van der Waals surface area contributed by atoms with Crippen LogP contribution in [0.25, 0.3) is 0 Å². The predicted octanol–water partition coefficient (Wildman–Crippen LogP) is 2.06. The summed E-state index contributed by atoms with van der Waals surface area (Å²) >= 11 is 0. The number of nitrogens with two attached hydrogens (primary N) is 1. The van der Waals surface area contributed by atoms with Crippen LogP contribution in [-0.4, -0.2) is 54.1 Å². The Balaban J connectivity index is 1.99. The second-order valence-electron chi connectivity index (χ2n) is 6.17. The first-order valence-corrected chi connectivity index (χ1v) is 7.95. The lowest BCUT2D eigenvalue weighted by Gasteiger charge is -2.49. The summed E-state index contributed by atoms with van der Waals surface area (Å²) in [6, 6.07) is 0.797. The van der Waals surface area contributed by atoms with Gasteiger partial charge in [-0.05, 0) is 64.7 Å². The van der Waals surface area contributed by atoms with Crippen molar-refractivity contribution < 1.29 is 0 Å². The van der Waals surface area contributed by atoms with E-state index in [-0.39, 0.29) is 0 Å². The van der Waals surface area contributed by atoms with Crippen molar-refractivity contribution in [1.82, 2.24) is 9.80 Å². The molecule has 0 bridgehead atoms. The average Bonchev–Trinajstić information content (AvgIpc) is 2.89. The molecule has 0 aromatic heterocycles. The molecule has 2 aliphatic rings. The maximum Gasteiger partial charge on any atom is 0.0358 e. The molecule has 106 valence electrons. The van der Waals surface area contributed by atoms with Crippen LogP contribution in [0.2, 0.25) is 0 Å². The molecule has 2 heterocycles. The summed E-state index contributed by atoms with van der Waals surface area (Å²) in [5, 5.41) is 0. The van der Waals surface area contributed by atoms with Gasteiger partial charge >= 0.3 is 0 Å². The van der Waals surface area contributed by atoms with Crippen molar-refractivity contribution in [2.75, 3.05) is 32.7 Å². The highest BCUT2D eigenvalue weighted by Crippen LogP contribution is 2.35. The van der Waals surface area contributed by atoms with Gasteiger partial charge in [0.05, 0.1) is 0 Å². The predicted molar refractivity (Wildman–Crippen MR) is 77.8 cm³/mol. The number of hydrogen-bond donors (Lipinski definition) is 1. The first kappa shape index (κ1) is 14.3. The van der Waals surface area contributed by atoms with Crippen LogP contribution in [0.3, 0.4) is 0 Å². The molecule has 3 nitrogen and oxygen atoms in total. The minimum absolute atomic E-state index is 0.321. The minimum atomic E-state index is 0.321. The molecule has 2 saturated heterocycles. The summed E-state index contributed by atoms with van der Waals surface area (Å²) in [7, 11) is 0. The Morgan fingerprint density at radius 2 is 1.89 bits per heavy atom. The van der Waals surface area contributed by atoms with E-state index >= 15 is 0 Å². The van der Waals surface area contributed by atoms with E-state index in [1.165, 1.54) is 64.7 Å². The Kier molecular flexibility index (Phi) is 5.05. The van der Waals surface area contributed by atoms with Gasteiger partial charge in [-0.15, -0.1) is 0 Å². The molecule has 0 aliphatic carbocycles. The molecule has 0 radical (unpaired) electrons. The normalized spacial score (nSPS) is 29.8. The first-order valence-electron chi connectivity index (χ1n) is 7.95. The molecule has 3 heteroatoms. The lowest BCUT2D eigenvalue weighted by atomic mass is 9.84. The van der Waals surface area contributed by atoms with Crippen LogP contribution in [0.4, 0.5) is 0 Å². The van der Waals surface area contributed by atoms with Crippen molar-refractivity contribution in [3.63, 3.8) is 0 Å². The molecule has 0 amide bonds. The number of nitrogens with zero attached hydrogens (tertiary/aromatic N) is 2. The van der Waals surface area contributed by atoms with E-state index in [4.69, 9.17) is 5.73 Å². The lowest BCUT2D eigenvalue weighted by molar-refractivity contribution is 0.0168. The van der Waals surface area contributed by atoms with Gasteiger partial charge in [0.15, 0.2) is 0 Å². The Morgan fingerprint density at radius 3 is 2.44 bits per heavy atom. The third-order valence-corrected chi connectivity index (χ3v) is 5.16. The molecule has 0 saturated carbocycles. The van der Waals surface area contributed by atoms with Crippen molar-refractivity contribution in [2.45, 2.75) is 64.0 Å². The van der Waals surface area contributed by atoms with Gasteiger partial charge < -0.3 is 10.6 Å². The fourth-order valence-electron chi connectivity index (χ4n) is 4.00. The maximum atomic E-state index is 6.19. The third kappa shape index (κ3) is 2.73. The summed E-state index contributed by atoms with van der Waals surface area (Å²) in [5.74, 6) is 0. The number of piperidine rings is 1. The van der Waals surface area contributed by atoms with Crippen LogP contribution in [0.15, 0.2) is 0 Å². The highest BCUT2D eigenvalue weighted by atomic mass is 15.3. The van der Waals surface area contributed by atoms with E-state index < -0.39 is 0 Å². The molecule has 0 aromatic carbocycles. The van der Waals surface area contributed by atoms with Gasteiger partial charge in [0, 0.05) is 18.1 Å². The molecular formula is C15H31N3. The zero-order chi connectivity index (χ0) is 13.0. The van der Waals surface area contributed by atoms with Crippen LogP contribution in [-0.2, 0) is 0 Å². The van der Waals surface area contributed by atoms with Gasteiger partial charge in [0.2, 0.25) is 0 Å². The van der Waals surface area contributed by atoms with Crippen molar-refractivity contribution in [1.29, 1.82) is 0 Å². The van der Waals surface area contributed by atoms with Crippen molar-refractivity contribution in [3.8, 4) is 0 Å². The average molecular weight is 253 g/mol. The molecule has 2 N–H and O–H groups in total. The fraction of sp³-hybridized carbons (Fsp3) is 1.00. The maximum absolute atomic E-state index is 6.19. The third-order valence-electron chi connectivity index (χ3n) is 5.16. The lowest BCUT2D eigenvalue weighted by Crippen LogP contribution is -2.60. The Bertz CT molecular complexity index is 246. The van der Waals surface area contributed by atoms with Crippen LogP contribution in [0.5, 0.6) is 0 Å². The number of rotatable bonds is 5. The quantitative estimate of drug-likeness (QED) is 0.814. The Morgan fingerprint density at radius 1 is 1.17 bits per heavy atom. The molecule has 2 aliphatic heterocycles. The van der Waals surface area contributed by atoms with E-state index in [0.29, 0.717) is 5.54 Å². The van der Waals surface area contributed by atoms with Gasteiger partial charge in [-0.25, -0.2) is 0 Å². The van der Waals surface area contributed by atoms with E-state index in [2.05, 4.69) is 23.6 Å². The minimum Gasteiger partial charge on any atom is -0.329 e. The van der Waals surface area contributed by atoms with Crippen molar-refractivity contribution >= 4 is 0 Å².